The summed E-state index contributed by atoms with van der Waals surface area (Å²) in [6.45, 7) is 1.02. The average Bonchev–Trinajstić information content (AvgIpc) is 3.47. The number of rotatable bonds is 8. The number of aliphatic hydroxyl groups is 1. The van der Waals surface area contributed by atoms with Gasteiger partial charge in [-0.1, -0.05) is 5.21 Å². The first-order chi connectivity index (χ1) is 16.2. The second kappa shape index (κ2) is 9.51. The van der Waals surface area contributed by atoms with Crippen molar-refractivity contribution < 1.29 is 14.6 Å². The molecule has 1 saturated carbocycles. The number of nitrogens with one attached hydrogen (secondary N) is 1. The third-order valence-corrected chi connectivity index (χ3v) is 5.73. The Balaban J connectivity index is 1.31. The van der Waals surface area contributed by atoms with Crippen LogP contribution in [0.25, 0.3) is 16.9 Å². The van der Waals surface area contributed by atoms with Gasteiger partial charge in [0.05, 0.1) is 42.5 Å². The number of hydrogen-bond acceptors (Lipinski definition) is 9. The Morgan fingerprint density at radius 3 is 2.70 bits per heavy atom. The van der Waals surface area contributed by atoms with Crippen LogP contribution in [0.2, 0.25) is 0 Å². The first-order valence-electron chi connectivity index (χ1n) is 11.0. The second-order valence-corrected chi connectivity index (χ2v) is 8.04. The third-order valence-electron chi connectivity index (χ3n) is 5.73. The zero-order valence-corrected chi connectivity index (χ0v) is 18.3. The Morgan fingerprint density at radius 2 is 1.91 bits per heavy atom. The van der Waals surface area contributed by atoms with Crippen molar-refractivity contribution in [2.75, 3.05) is 25.6 Å². The van der Waals surface area contributed by atoms with E-state index in [2.05, 4.69) is 30.7 Å². The van der Waals surface area contributed by atoms with Gasteiger partial charge in [0.25, 0.3) is 0 Å². The maximum Gasteiger partial charge on any atom is 0.229 e. The topological polar surface area (TPSA) is 125 Å². The molecule has 33 heavy (non-hydrogen) atoms. The highest BCUT2D eigenvalue weighted by molar-refractivity contribution is 5.72. The lowest BCUT2D eigenvalue weighted by Crippen LogP contribution is -2.21. The van der Waals surface area contributed by atoms with Gasteiger partial charge in [0, 0.05) is 13.3 Å². The van der Waals surface area contributed by atoms with E-state index in [1.54, 1.807) is 24.2 Å². The molecule has 5 rings (SSSR count). The number of aromatic nitrogens is 7. The fourth-order valence-electron chi connectivity index (χ4n) is 3.94. The Hall–Kier alpha value is -3.57. The number of ether oxygens (including phenoxy) is 2. The van der Waals surface area contributed by atoms with Crippen molar-refractivity contribution in [1.29, 1.82) is 0 Å². The monoisotopic (exact) mass is 450 g/mol. The zero-order chi connectivity index (χ0) is 22.6. The number of anilines is 2. The predicted octanol–water partition coefficient (Wildman–Crippen LogP) is 2.65. The SMILES string of the molecule is COCCOc1ccc(-n2nnc3cnc(Nc4cnn(C5CCC(O)CC5)c4)nc32)cc1. The van der Waals surface area contributed by atoms with Crippen LogP contribution in [0.5, 0.6) is 5.75 Å². The molecule has 0 radical (unpaired) electrons. The van der Waals surface area contributed by atoms with Crippen molar-refractivity contribution in [3.05, 3.63) is 42.9 Å². The van der Waals surface area contributed by atoms with Crippen LogP contribution < -0.4 is 10.1 Å². The van der Waals surface area contributed by atoms with Crippen molar-refractivity contribution >= 4 is 22.8 Å². The largest absolute Gasteiger partial charge is 0.491 e. The number of aliphatic hydroxyl groups excluding tert-OH is 1. The van der Waals surface area contributed by atoms with Gasteiger partial charge in [-0.3, -0.25) is 4.68 Å². The molecular weight excluding hydrogens is 424 g/mol. The molecular formula is C22H26N8O3. The molecule has 0 bridgehead atoms. The van der Waals surface area contributed by atoms with E-state index < -0.39 is 0 Å². The molecule has 11 nitrogen and oxygen atoms in total. The predicted molar refractivity (Wildman–Crippen MR) is 121 cm³/mol. The van der Waals surface area contributed by atoms with E-state index in [9.17, 15) is 5.11 Å². The molecule has 0 aliphatic heterocycles. The fourth-order valence-corrected chi connectivity index (χ4v) is 3.94. The normalized spacial score (nSPS) is 18.5. The molecule has 0 atom stereocenters. The van der Waals surface area contributed by atoms with E-state index in [0.717, 1.165) is 42.8 Å². The Morgan fingerprint density at radius 1 is 1.09 bits per heavy atom. The van der Waals surface area contributed by atoms with E-state index in [1.165, 1.54) is 0 Å². The van der Waals surface area contributed by atoms with E-state index >= 15 is 0 Å². The van der Waals surface area contributed by atoms with Crippen LogP contribution in [-0.4, -0.2) is 66.3 Å². The van der Waals surface area contributed by atoms with Crippen LogP contribution in [0.4, 0.5) is 11.6 Å². The lowest BCUT2D eigenvalue weighted by atomic mass is 9.93. The first-order valence-corrected chi connectivity index (χ1v) is 11.0. The Labute approximate surface area is 190 Å². The minimum Gasteiger partial charge on any atom is -0.491 e. The zero-order valence-electron chi connectivity index (χ0n) is 18.3. The summed E-state index contributed by atoms with van der Waals surface area (Å²) in [4.78, 5) is 8.98. The number of fused-ring (bicyclic) bond motifs is 1. The summed E-state index contributed by atoms with van der Waals surface area (Å²) in [5, 5.41) is 25.8. The number of nitrogens with zero attached hydrogens (tertiary/aromatic N) is 7. The maximum absolute atomic E-state index is 9.72. The fraction of sp³-hybridized carbons (Fsp3) is 0.409. The molecule has 4 aromatic rings. The van der Waals surface area contributed by atoms with E-state index in [1.807, 2.05) is 35.1 Å². The van der Waals surface area contributed by atoms with Crippen molar-refractivity contribution in [1.82, 2.24) is 34.7 Å². The summed E-state index contributed by atoms with van der Waals surface area (Å²) in [6.07, 6.45) is 8.63. The van der Waals surface area contributed by atoms with Crippen LogP contribution >= 0.6 is 0 Å². The Kier molecular flexibility index (Phi) is 6.13. The molecule has 0 unspecified atom stereocenters. The lowest BCUT2D eigenvalue weighted by molar-refractivity contribution is 0.108. The molecule has 3 aromatic heterocycles. The van der Waals surface area contributed by atoms with Crippen LogP contribution in [0.1, 0.15) is 31.7 Å². The van der Waals surface area contributed by atoms with Crippen molar-refractivity contribution in [2.45, 2.75) is 37.8 Å². The van der Waals surface area contributed by atoms with E-state index in [-0.39, 0.29) is 6.10 Å². The molecule has 1 aliphatic carbocycles. The minimum atomic E-state index is -0.188. The standard InChI is InChI=1S/C22H26N8O3/c1-32-10-11-33-19-8-4-17(5-9-19)30-21-20(27-28-30)13-23-22(26-21)25-15-12-24-29(14-15)16-2-6-18(31)7-3-16/h4-5,8-9,12-14,16,18,31H,2-3,6-7,10-11H2,1H3,(H,23,25,26). The van der Waals surface area contributed by atoms with Gasteiger partial charge in [-0.05, 0) is 49.9 Å². The van der Waals surface area contributed by atoms with Gasteiger partial charge >= 0.3 is 0 Å². The van der Waals surface area contributed by atoms with Crippen LogP contribution in [0.15, 0.2) is 42.9 Å². The summed E-state index contributed by atoms with van der Waals surface area (Å²) in [5.74, 6) is 1.19. The van der Waals surface area contributed by atoms with Gasteiger partial charge < -0.3 is 19.9 Å². The summed E-state index contributed by atoms with van der Waals surface area (Å²) in [6, 6.07) is 7.85. The van der Waals surface area contributed by atoms with Gasteiger partial charge in [0.2, 0.25) is 5.95 Å². The highest BCUT2D eigenvalue weighted by Gasteiger charge is 2.21. The lowest BCUT2D eigenvalue weighted by Gasteiger charge is -2.25. The smallest absolute Gasteiger partial charge is 0.229 e. The molecule has 1 fully saturated rings. The molecule has 172 valence electrons. The van der Waals surface area contributed by atoms with Gasteiger partial charge in [-0.15, -0.1) is 5.10 Å². The van der Waals surface area contributed by atoms with Gasteiger partial charge in [0.1, 0.15) is 12.4 Å². The summed E-state index contributed by atoms with van der Waals surface area (Å²) in [7, 11) is 1.64. The maximum atomic E-state index is 9.72. The molecule has 3 heterocycles. The van der Waals surface area contributed by atoms with Crippen LogP contribution in [0, 0.1) is 0 Å². The van der Waals surface area contributed by atoms with Gasteiger partial charge in [-0.2, -0.15) is 14.8 Å². The molecule has 0 saturated heterocycles. The quantitative estimate of drug-likeness (QED) is 0.390. The third kappa shape index (κ3) is 4.78. The molecule has 0 amide bonds. The summed E-state index contributed by atoms with van der Waals surface area (Å²) in [5.41, 5.74) is 2.80. The van der Waals surface area contributed by atoms with Gasteiger partial charge in [-0.25, -0.2) is 4.98 Å². The number of benzene rings is 1. The van der Waals surface area contributed by atoms with Crippen LogP contribution in [0.3, 0.4) is 0 Å². The van der Waals surface area contributed by atoms with Crippen molar-refractivity contribution in [3.8, 4) is 11.4 Å². The number of hydrogen-bond donors (Lipinski definition) is 2. The van der Waals surface area contributed by atoms with E-state index in [0.29, 0.717) is 36.4 Å². The number of methoxy groups -OCH3 is 1. The van der Waals surface area contributed by atoms with Gasteiger partial charge in [0.15, 0.2) is 11.2 Å². The van der Waals surface area contributed by atoms with E-state index in [4.69, 9.17) is 9.47 Å². The first kappa shape index (κ1) is 21.3. The molecule has 1 aromatic carbocycles. The minimum absolute atomic E-state index is 0.188. The second-order valence-electron chi connectivity index (χ2n) is 8.04. The van der Waals surface area contributed by atoms with Crippen molar-refractivity contribution in [2.24, 2.45) is 0 Å². The summed E-state index contributed by atoms with van der Waals surface area (Å²) >= 11 is 0. The highest BCUT2D eigenvalue weighted by atomic mass is 16.5. The Bertz CT molecular complexity index is 1200. The molecule has 1 aliphatic rings. The molecule has 11 heteroatoms. The van der Waals surface area contributed by atoms with Crippen molar-refractivity contribution in [3.63, 3.8) is 0 Å². The highest BCUT2D eigenvalue weighted by Crippen LogP contribution is 2.29. The molecule has 0 spiro atoms. The summed E-state index contributed by atoms with van der Waals surface area (Å²) < 4.78 is 14.2. The van der Waals surface area contributed by atoms with Crippen LogP contribution in [-0.2, 0) is 4.74 Å². The average molecular weight is 451 g/mol. The molecule has 2 N–H and O–H groups in total.